The minimum atomic E-state index is 0.327. The van der Waals surface area contributed by atoms with E-state index in [-0.39, 0.29) is 0 Å². The topological polar surface area (TPSA) is 47.0 Å². The molecule has 1 N–H and O–H groups in total. The lowest BCUT2D eigenvalue weighted by molar-refractivity contribution is 0.110. The first-order valence-corrected chi connectivity index (χ1v) is 8.11. The van der Waals surface area contributed by atoms with Crippen LogP contribution in [0.2, 0.25) is 0 Å². The second kappa shape index (κ2) is 6.53. The second-order valence-corrected chi connectivity index (χ2v) is 5.84. The van der Waals surface area contributed by atoms with Crippen molar-refractivity contribution in [2.24, 2.45) is 0 Å². The lowest BCUT2D eigenvalue weighted by atomic mass is 10.1. The van der Waals surface area contributed by atoms with Crippen molar-refractivity contribution in [3.8, 4) is 0 Å². The lowest BCUT2D eigenvalue weighted by Crippen LogP contribution is -2.16. The molecular formula is C16H25N3O. The molecule has 1 fully saturated rings. The van der Waals surface area contributed by atoms with E-state index in [0.717, 1.165) is 50.5 Å². The van der Waals surface area contributed by atoms with E-state index in [4.69, 9.17) is 14.7 Å². The summed E-state index contributed by atoms with van der Waals surface area (Å²) in [4.78, 5) is 9.63. The van der Waals surface area contributed by atoms with Crippen LogP contribution in [0, 0.1) is 0 Å². The number of nitrogens with one attached hydrogen (secondary N) is 1. The average Bonchev–Trinajstić information content (AvgIpc) is 2.83. The van der Waals surface area contributed by atoms with Crippen molar-refractivity contribution in [1.29, 1.82) is 0 Å². The number of aromatic nitrogens is 2. The van der Waals surface area contributed by atoms with E-state index in [1.165, 1.54) is 36.9 Å². The van der Waals surface area contributed by atoms with Gasteiger partial charge in [0.05, 0.1) is 6.10 Å². The Bertz CT molecular complexity index is 455. The van der Waals surface area contributed by atoms with Crippen LogP contribution in [0.15, 0.2) is 0 Å². The van der Waals surface area contributed by atoms with Crippen LogP contribution in [-0.2, 0) is 24.0 Å². The van der Waals surface area contributed by atoms with Gasteiger partial charge in [0.2, 0.25) is 0 Å². The number of anilines is 1. The number of ether oxygens (including phenoxy) is 1. The van der Waals surface area contributed by atoms with Gasteiger partial charge in [-0.15, -0.1) is 0 Å². The molecular weight excluding hydrogens is 250 g/mol. The van der Waals surface area contributed by atoms with Gasteiger partial charge in [0.15, 0.2) is 0 Å². The van der Waals surface area contributed by atoms with Gasteiger partial charge in [0.25, 0.3) is 0 Å². The van der Waals surface area contributed by atoms with Crippen LogP contribution in [0.25, 0.3) is 0 Å². The largest absolute Gasteiger partial charge is 0.378 e. The molecule has 1 atom stereocenters. The molecule has 1 aromatic heterocycles. The normalized spacial score (nSPS) is 22.4. The number of nitrogens with zero attached hydrogens (tertiary/aromatic N) is 2. The number of hydrogen-bond acceptors (Lipinski definition) is 4. The third kappa shape index (κ3) is 3.11. The number of fused-ring (bicyclic) bond motifs is 1. The van der Waals surface area contributed by atoms with Crippen molar-refractivity contribution in [1.82, 2.24) is 9.97 Å². The van der Waals surface area contributed by atoms with Gasteiger partial charge < -0.3 is 10.1 Å². The highest BCUT2D eigenvalue weighted by Crippen LogP contribution is 2.26. The predicted octanol–water partition coefficient (Wildman–Crippen LogP) is 2.90. The highest BCUT2D eigenvalue weighted by atomic mass is 16.5. The Morgan fingerprint density at radius 2 is 2.05 bits per heavy atom. The first kappa shape index (κ1) is 13.8. The van der Waals surface area contributed by atoms with Gasteiger partial charge in [-0.25, -0.2) is 9.97 Å². The molecule has 20 heavy (non-hydrogen) atoms. The highest BCUT2D eigenvalue weighted by Gasteiger charge is 2.21. The summed E-state index contributed by atoms with van der Waals surface area (Å²) in [5, 5.41) is 3.44. The van der Waals surface area contributed by atoms with Crippen LogP contribution < -0.4 is 5.32 Å². The Labute approximate surface area is 121 Å². The maximum atomic E-state index is 5.73. The average molecular weight is 275 g/mol. The molecule has 1 aliphatic carbocycles. The van der Waals surface area contributed by atoms with E-state index < -0.39 is 0 Å². The summed E-state index contributed by atoms with van der Waals surface area (Å²) in [7, 11) is 0. The molecule has 4 heteroatoms. The molecule has 1 saturated heterocycles. The Morgan fingerprint density at radius 3 is 2.85 bits per heavy atom. The van der Waals surface area contributed by atoms with Gasteiger partial charge in [-0.05, 0) is 45.4 Å². The zero-order chi connectivity index (χ0) is 13.8. The van der Waals surface area contributed by atoms with Crippen LogP contribution >= 0.6 is 0 Å². The smallest absolute Gasteiger partial charge is 0.133 e. The quantitative estimate of drug-likeness (QED) is 0.858. The van der Waals surface area contributed by atoms with E-state index in [0.29, 0.717) is 6.10 Å². The van der Waals surface area contributed by atoms with E-state index in [1.807, 2.05) is 0 Å². The van der Waals surface area contributed by atoms with E-state index in [2.05, 4.69) is 12.2 Å². The standard InChI is InChI=1S/C16H25N3O/c1-2-17-16-13-8-4-3-5-9-14(13)18-15(19-16)11-12-7-6-10-20-12/h12H,2-11H2,1H3,(H,17,18,19). The first-order chi connectivity index (χ1) is 9.86. The molecule has 0 radical (unpaired) electrons. The SMILES string of the molecule is CCNc1nc(CC2CCCO2)nc2c1CCCCC2. The molecule has 3 rings (SSSR count). The number of rotatable bonds is 4. The molecule has 0 aromatic carbocycles. The minimum absolute atomic E-state index is 0.327. The zero-order valence-corrected chi connectivity index (χ0v) is 12.5. The van der Waals surface area contributed by atoms with Gasteiger partial charge in [0.1, 0.15) is 11.6 Å². The van der Waals surface area contributed by atoms with E-state index in [1.54, 1.807) is 0 Å². The summed E-state index contributed by atoms with van der Waals surface area (Å²) in [6.45, 7) is 3.95. The molecule has 1 aliphatic heterocycles. The highest BCUT2D eigenvalue weighted by molar-refractivity contribution is 5.47. The second-order valence-electron chi connectivity index (χ2n) is 5.84. The van der Waals surface area contributed by atoms with Gasteiger partial charge in [-0.3, -0.25) is 0 Å². The summed E-state index contributed by atoms with van der Waals surface area (Å²) < 4.78 is 5.73. The summed E-state index contributed by atoms with van der Waals surface area (Å²) >= 11 is 0. The van der Waals surface area contributed by atoms with Gasteiger partial charge in [0, 0.05) is 30.8 Å². The predicted molar refractivity (Wildman–Crippen MR) is 80.1 cm³/mol. The van der Waals surface area contributed by atoms with Crippen LogP contribution in [0.1, 0.15) is 56.1 Å². The Hall–Kier alpha value is -1.16. The fourth-order valence-corrected chi connectivity index (χ4v) is 3.24. The van der Waals surface area contributed by atoms with Crippen molar-refractivity contribution < 1.29 is 4.74 Å². The summed E-state index contributed by atoms with van der Waals surface area (Å²) in [5.74, 6) is 2.04. The van der Waals surface area contributed by atoms with Crippen LogP contribution in [0.5, 0.6) is 0 Å². The van der Waals surface area contributed by atoms with Crippen molar-refractivity contribution in [3.05, 3.63) is 17.1 Å². The Morgan fingerprint density at radius 1 is 1.15 bits per heavy atom. The van der Waals surface area contributed by atoms with Gasteiger partial charge in [-0.1, -0.05) is 6.42 Å². The zero-order valence-electron chi connectivity index (χ0n) is 12.5. The summed E-state index contributed by atoms with van der Waals surface area (Å²) in [6, 6.07) is 0. The fourth-order valence-electron chi connectivity index (χ4n) is 3.24. The molecule has 0 saturated carbocycles. The third-order valence-electron chi connectivity index (χ3n) is 4.26. The van der Waals surface area contributed by atoms with Crippen molar-refractivity contribution in [3.63, 3.8) is 0 Å². The van der Waals surface area contributed by atoms with Crippen LogP contribution in [0.3, 0.4) is 0 Å². The Kier molecular flexibility index (Phi) is 4.51. The molecule has 0 spiro atoms. The maximum absolute atomic E-state index is 5.73. The molecule has 4 nitrogen and oxygen atoms in total. The monoisotopic (exact) mass is 275 g/mol. The van der Waals surface area contributed by atoms with E-state index in [9.17, 15) is 0 Å². The van der Waals surface area contributed by atoms with Gasteiger partial charge in [-0.2, -0.15) is 0 Å². The van der Waals surface area contributed by atoms with Crippen LogP contribution in [-0.4, -0.2) is 29.2 Å². The number of hydrogen-bond donors (Lipinski definition) is 1. The summed E-state index contributed by atoms with van der Waals surface area (Å²) in [6.07, 6.45) is 9.58. The van der Waals surface area contributed by atoms with Crippen molar-refractivity contribution in [2.75, 3.05) is 18.5 Å². The molecule has 2 aliphatic rings. The fraction of sp³-hybridized carbons (Fsp3) is 0.750. The van der Waals surface area contributed by atoms with Gasteiger partial charge >= 0.3 is 0 Å². The molecule has 2 heterocycles. The molecule has 110 valence electrons. The first-order valence-electron chi connectivity index (χ1n) is 8.11. The molecule has 1 aromatic rings. The Balaban J connectivity index is 1.86. The summed E-state index contributed by atoms with van der Waals surface area (Å²) in [5.41, 5.74) is 2.64. The minimum Gasteiger partial charge on any atom is -0.378 e. The third-order valence-corrected chi connectivity index (χ3v) is 4.26. The van der Waals surface area contributed by atoms with Crippen LogP contribution in [0.4, 0.5) is 5.82 Å². The maximum Gasteiger partial charge on any atom is 0.133 e. The lowest BCUT2D eigenvalue weighted by Gasteiger charge is -2.15. The van der Waals surface area contributed by atoms with Crippen molar-refractivity contribution >= 4 is 5.82 Å². The van der Waals surface area contributed by atoms with Crippen molar-refractivity contribution in [2.45, 2.75) is 64.4 Å². The molecule has 0 bridgehead atoms. The number of aryl methyl sites for hydroxylation is 1. The molecule has 1 unspecified atom stereocenters. The molecule has 0 amide bonds. The van der Waals surface area contributed by atoms with E-state index >= 15 is 0 Å².